The lowest BCUT2D eigenvalue weighted by atomic mass is 10.1. The summed E-state index contributed by atoms with van der Waals surface area (Å²) >= 11 is 3.46. The number of hydrogen-bond donors (Lipinski definition) is 1. The Morgan fingerprint density at radius 1 is 1.47 bits per heavy atom. The van der Waals surface area contributed by atoms with E-state index in [9.17, 15) is 9.90 Å². The van der Waals surface area contributed by atoms with Crippen molar-refractivity contribution in [1.29, 1.82) is 0 Å². The maximum atomic E-state index is 11.2. The van der Waals surface area contributed by atoms with Crippen LogP contribution >= 0.6 is 15.9 Å². The molecule has 1 fully saturated rings. The first-order chi connectivity index (χ1) is 9.06. The monoisotopic (exact) mass is 321 g/mol. The van der Waals surface area contributed by atoms with E-state index >= 15 is 0 Å². The van der Waals surface area contributed by atoms with Crippen LogP contribution in [0.5, 0.6) is 0 Å². The molecule has 0 atom stereocenters. The number of carbonyl (C=O) groups is 1. The molecule has 0 saturated heterocycles. The molecule has 5 heteroatoms. The zero-order valence-electron chi connectivity index (χ0n) is 10.3. The van der Waals surface area contributed by atoms with Crippen molar-refractivity contribution in [3.05, 3.63) is 39.7 Å². The smallest absolute Gasteiger partial charge is 0.373 e. The lowest BCUT2D eigenvalue weighted by Gasteiger charge is -2.00. The van der Waals surface area contributed by atoms with Crippen LogP contribution in [0, 0.1) is 6.92 Å². The number of benzene rings is 1. The van der Waals surface area contributed by atoms with Crippen LogP contribution in [-0.2, 0) is 0 Å². The number of carboxylic acid groups (broad SMARTS) is 1. The third kappa shape index (κ3) is 2.30. The second kappa shape index (κ2) is 4.49. The van der Waals surface area contributed by atoms with Gasteiger partial charge in [-0.15, -0.1) is 0 Å². The van der Waals surface area contributed by atoms with E-state index < -0.39 is 5.97 Å². The van der Waals surface area contributed by atoms with E-state index in [4.69, 9.17) is 4.42 Å². The molecule has 1 N–H and O–H groups in total. The molecule has 1 aliphatic carbocycles. The minimum atomic E-state index is -1.05. The van der Waals surface area contributed by atoms with Gasteiger partial charge in [0.05, 0.1) is 11.3 Å². The Labute approximate surface area is 118 Å². The number of aromatic nitrogens is 1. The molecule has 0 bridgehead atoms. The number of aromatic carboxylic acids is 1. The topological polar surface area (TPSA) is 63.3 Å². The minimum Gasteiger partial charge on any atom is -0.475 e. The summed E-state index contributed by atoms with van der Waals surface area (Å²) in [5, 5.41) is 9.17. The summed E-state index contributed by atoms with van der Waals surface area (Å²) < 4.78 is 6.30. The van der Waals surface area contributed by atoms with Gasteiger partial charge in [-0.05, 0) is 53.4 Å². The van der Waals surface area contributed by atoms with Crippen molar-refractivity contribution >= 4 is 21.9 Å². The van der Waals surface area contributed by atoms with Gasteiger partial charge in [-0.1, -0.05) is 6.07 Å². The Kier molecular flexibility index (Phi) is 2.93. The second-order valence-electron chi connectivity index (χ2n) is 4.80. The number of oxazole rings is 1. The first-order valence-electron chi connectivity index (χ1n) is 6.07. The molecule has 0 spiro atoms. The van der Waals surface area contributed by atoms with Crippen molar-refractivity contribution in [2.45, 2.75) is 25.7 Å². The highest BCUT2D eigenvalue weighted by Gasteiger charge is 2.33. The van der Waals surface area contributed by atoms with Gasteiger partial charge in [-0.25, -0.2) is 9.78 Å². The molecule has 0 radical (unpaired) electrons. The van der Waals surface area contributed by atoms with Gasteiger partial charge < -0.3 is 9.52 Å². The Balaban J connectivity index is 2.10. The molecule has 2 aromatic rings. The van der Waals surface area contributed by atoms with E-state index in [-0.39, 0.29) is 11.7 Å². The SMILES string of the molecule is Cc1ccc(-c2nc(C3CC3)c(C(=O)O)o2)c(Br)c1. The molecule has 1 aromatic carbocycles. The molecule has 4 nitrogen and oxygen atoms in total. The molecule has 1 aromatic heterocycles. The second-order valence-corrected chi connectivity index (χ2v) is 5.65. The fourth-order valence-electron chi connectivity index (χ4n) is 2.03. The zero-order valence-corrected chi connectivity index (χ0v) is 11.9. The maximum Gasteiger partial charge on any atom is 0.373 e. The highest BCUT2D eigenvalue weighted by atomic mass is 79.9. The lowest BCUT2D eigenvalue weighted by molar-refractivity contribution is 0.0661. The van der Waals surface area contributed by atoms with Crippen LogP contribution < -0.4 is 0 Å². The molecular weight excluding hydrogens is 310 g/mol. The third-order valence-corrected chi connectivity index (χ3v) is 3.82. The lowest BCUT2D eigenvalue weighted by Crippen LogP contribution is -1.98. The van der Waals surface area contributed by atoms with Crippen LogP contribution in [0.15, 0.2) is 27.1 Å². The minimum absolute atomic E-state index is 0.0232. The molecule has 98 valence electrons. The zero-order chi connectivity index (χ0) is 13.6. The number of halogens is 1. The number of nitrogens with zero attached hydrogens (tertiary/aromatic N) is 1. The van der Waals surface area contributed by atoms with Crippen molar-refractivity contribution in [2.24, 2.45) is 0 Å². The quantitative estimate of drug-likeness (QED) is 0.928. The Bertz CT molecular complexity index is 659. The van der Waals surface area contributed by atoms with E-state index in [1.54, 1.807) is 0 Å². The summed E-state index contributed by atoms with van der Waals surface area (Å²) in [6.07, 6.45) is 1.97. The van der Waals surface area contributed by atoms with Gasteiger partial charge in [-0.3, -0.25) is 0 Å². The standard InChI is InChI=1S/C14H12BrNO3/c1-7-2-5-9(10(15)6-7)13-16-11(8-3-4-8)12(19-13)14(17)18/h2,5-6,8H,3-4H2,1H3,(H,17,18). The first kappa shape index (κ1) is 12.4. The normalized spacial score (nSPS) is 14.6. The van der Waals surface area contributed by atoms with Crippen molar-refractivity contribution in [3.63, 3.8) is 0 Å². The molecule has 1 aliphatic rings. The van der Waals surface area contributed by atoms with Gasteiger partial charge in [0.2, 0.25) is 11.7 Å². The number of aryl methyl sites for hydroxylation is 1. The first-order valence-corrected chi connectivity index (χ1v) is 6.86. The maximum absolute atomic E-state index is 11.2. The Morgan fingerprint density at radius 2 is 2.21 bits per heavy atom. The van der Waals surface area contributed by atoms with Crippen LogP contribution in [0.3, 0.4) is 0 Å². The molecule has 3 rings (SSSR count). The van der Waals surface area contributed by atoms with Gasteiger partial charge in [0, 0.05) is 10.4 Å². The van der Waals surface area contributed by atoms with Crippen LogP contribution in [0.25, 0.3) is 11.5 Å². The van der Waals surface area contributed by atoms with Crippen LogP contribution in [0.1, 0.15) is 40.6 Å². The van der Waals surface area contributed by atoms with Crippen LogP contribution in [-0.4, -0.2) is 16.1 Å². The van der Waals surface area contributed by atoms with E-state index in [0.717, 1.165) is 28.4 Å². The third-order valence-electron chi connectivity index (χ3n) is 3.17. The Hall–Kier alpha value is -1.62. The van der Waals surface area contributed by atoms with E-state index in [1.807, 2.05) is 25.1 Å². The molecule has 1 heterocycles. The summed E-state index contributed by atoms with van der Waals surface area (Å²) in [5.74, 6) is -0.465. The summed E-state index contributed by atoms with van der Waals surface area (Å²) in [6.45, 7) is 1.99. The van der Waals surface area contributed by atoms with E-state index in [1.165, 1.54) is 0 Å². The van der Waals surface area contributed by atoms with Gasteiger partial charge in [-0.2, -0.15) is 0 Å². The van der Waals surface area contributed by atoms with Crippen LogP contribution in [0.4, 0.5) is 0 Å². The summed E-state index contributed by atoms with van der Waals surface area (Å²) in [4.78, 5) is 15.6. The largest absolute Gasteiger partial charge is 0.475 e. The number of hydrogen-bond acceptors (Lipinski definition) is 3. The molecule has 0 aliphatic heterocycles. The van der Waals surface area contributed by atoms with Crippen molar-refractivity contribution in [2.75, 3.05) is 0 Å². The van der Waals surface area contributed by atoms with E-state index in [2.05, 4.69) is 20.9 Å². The average molecular weight is 322 g/mol. The molecule has 1 saturated carbocycles. The van der Waals surface area contributed by atoms with E-state index in [0.29, 0.717) is 11.6 Å². The predicted octanol–water partition coefficient (Wildman–Crippen LogP) is 3.99. The fraction of sp³-hybridized carbons (Fsp3) is 0.286. The fourth-order valence-corrected chi connectivity index (χ4v) is 2.69. The van der Waals surface area contributed by atoms with Gasteiger partial charge >= 0.3 is 5.97 Å². The summed E-state index contributed by atoms with van der Waals surface area (Å²) in [7, 11) is 0. The highest BCUT2D eigenvalue weighted by Crippen LogP contribution is 2.43. The number of rotatable bonds is 3. The summed E-state index contributed by atoms with van der Waals surface area (Å²) in [5.41, 5.74) is 2.47. The highest BCUT2D eigenvalue weighted by molar-refractivity contribution is 9.10. The van der Waals surface area contributed by atoms with Crippen molar-refractivity contribution in [3.8, 4) is 11.5 Å². The molecule has 0 amide bonds. The average Bonchev–Trinajstić information content (AvgIpc) is 3.09. The van der Waals surface area contributed by atoms with Crippen molar-refractivity contribution in [1.82, 2.24) is 4.98 Å². The van der Waals surface area contributed by atoms with Gasteiger partial charge in [0.1, 0.15) is 0 Å². The van der Waals surface area contributed by atoms with Gasteiger partial charge in [0.15, 0.2) is 0 Å². The van der Waals surface area contributed by atoms with Gasteiger partial charge in [0.25, 0.3) is 0 Å². The van der Waals surface area contributed by atoms with Crippen LogP contribution in [0.2, 0.25) is 0 Å². The Morgan fingerprint density at radius 3 is 2.79 bits per heavy atom. The van der Waals surface area contributed by atoms with Crippen molar-refractivity contribution < 1.29 is 14.3 Å². The molecule has 19 heavy (non-hydrogen) atoms. The summed E-state index contributed by atoms with van der Waals surface area (Å²) in [6, 6.07) is 5.78. The number of carboxylic acids is 1. The molecule has 0 unspecified atom stereocenters. The molecular formula is C14H12BrNO3. The predicted molar refractivity (Wildman–Crippen MR) is 73.3 cm³/mol.